The van der Waals surface area contributed by atoms with Crippen molar-refractivity contribution < 1.29 is 34.8 Å². The third-order valence-corrected chi connectivity index (χ3v) is 4.30. The number of benzene rings is 1. The van der Waals surface area contributed by atoms with E-state index in [1.54, 1.807) is 0 Å². The van der Waals surface area contributed by atoms with E-state index in [1.807, 2.05) is 0 Å². The van der Waals surface area contributed by atoms with E-state index in [0.29, 0.717) is 0 Å². The molecular weight excluding hydrogens is 360 g/mol. The van der Waals surface area contributed by atoms with Crippen LogP contribution in [0.5, 0.6) is 0 Å². The highest BCUT2D eigenvalue weighted by molar-refractivity contribution is 7.89. The molecule has 0 bridgehead atoms. The molecule has 0 fully saturated rings. The Labute approximate surface area is 127 Å². The van der Waals surface area contributed by atoms with Crippen molar-refractivity contribution in [2.45, 2.75) is 23.3 Å². The Hall–Kier alpha value is -1.00. The third-order valence-electron chi connectivity index (χ3n) is 2.54. The molecule has 0 saturated heterocycles. The van der Waals surface area contributed by atoms with Gasteiger partial charge in [-0.25, -0.2) is 13.1 Å². The molecule has 0 saturated carbocycles. The van der Waals surface area contributed by atoms with Crippen LogP contribution in [0.4, 0.5) is 26.3 Å². The van der Waals surface area contributed by atoms with Gasteiger partial charge in [-0.15, -0.1) is 0 Å². The van der Waals surface area contributed by atoms with Gasteiger partial charge in [0.25, 0.3) is 0 Å². The molecule has 3 nitrogen and oxygen atoms in total. The Morgan fingerprint density at radius 1 is 1.00 bits per heavy atom. The van der Waals surface area contributed by atoms with Gasteiger partial charge in [0.2, 0.25) is 10.0 Å². The van der Waals surface area contributed by atoms with Gasteiger partial charge in [-0.05, 0) is 31.2 Å². The molecule has 1 radical (unpaired) electrons. The van der Waals surface area contributed by atoms with Crippen molar-refractivity contribution in [2.75, 3.05) is 0 Å². The normalized spacial score (nSPS) is 15.1. The van der Waals surface area contributed by atoms with Crippen LogP contribution >= 0.6 is 11.6 Å². The first kappa shape index (κ1) is 19.0. The minimum atomic E-state index is -5.70. The second kappa shape index (κ2) is 6.25. The molecule has 0 aliphatic rings. The molecule has 1 rings (SSSR count). The molecule has 1 atom stereocenters. The minimum Gasteiger partial charge on any atom is -0.207 e. The van der Waals surface area contributed by atoms with Crippen molar-refractivity contribution in [1.82, 2.24) is 4.72 Å². The van der Waals surface area contributed by atoms with E-state index < -0.39 is 39.2 Å². The van der Waals surface area contributed by atoms with Gasteiger partial charge in [-0.1, -0.05) is 11.6 Å². The first-order valence-corrected chi connectivity index (χ1v) is 7.35. The molecule has 1 aromatic carbocycles. The summed E-state index contributed by atoms with van der Waals surface area (Å²) in [5.74, 6) is -3.93. The lowest BCUT2D eigenvalue weighted by Crippen LogP contribution is -2.51. The van der Waals surface area contributed by atoms with Gasteiger partial charge in [0.1, 0.15) is 0 Å². The largest absolute Gasteiger partial charge is 0.402 e. The van der Waals surface area contributed by atoms with Gasteiger partial charge in [0, 0.05) is 11.1 Å². The van der Waals surface area contributed by atoms with Gasteiger partial charge in [-0.3, -0.25) is 0 Å². The smallest absolute Gasteiger partial charge is 0.207 e. The van der Waals surface area contributed by atoms with Crippen LogP contribution in [0.25, 0.3) is 0 Å². The van der Waals surface area contributed by atoms with E-state index in [9.17, 15) is 34.8 Å². The zero-order chi connectivity index (χ0) is 17.3. The molecule has 0 spiro atoms. The first-order valence-electron chi connectivity index (χ1n) is 5.49. The highest BCUT2D eigenvalue weighted by atomic mass is 35.5. The van der Waals surface area contributed by atoms with Gasteiger partial charge in [0.15, 0.2) is 5.92 Å². The SMILES string of the molecule is [CH2][C@H](NS(=O)(=O)c1ccc(Cl)cc1)C(C(F)(F)F)C(F)(F)F. The molecular formula is C11H9ClF6NO2S. The molecule has 0 amide bonds. The Bertz CT molecular complexity index is 597. The summed E-state index contributed by atoms with van der Waals surface area (Å²) in [5.41, 5.74) is 0. The van der Waals surface area contributed by atoms with Crippen LogP contribution in [0.2, 0.25) is 5.02 Å². The molecule has 0 heterocycles. The number of hydrogen-bond donors (Lipinski definition) is 1. The summed E-state index contributed by atoms with van der Waals surface area (Å²) in [6, 6.07) is 1.44. The number of alkyl halides is 6. The van der Waals surface area contributed by atoms with Crippen LogP contribution in [0.1, 0.15) is 0 Å². The average molecular weight is 369 g/mol. The molecule has 0 aliphatic heterocycles. The predicted molar refractivity (Wildman–Crippen MR) is 66.5 cm³/mol. The minimum absolute atomic E-state index is 0.147. The zero-order valence-electron chi connectivity index (χ0n) is 10.5. The first-order chi connectivity index (χ1) is 9.75. The van der Waals surface area contributed by atoms with Crippen LogP contribution in [-0.4, -0.2) is 26.8 Å². The summed E-state index contributed by atoms with van der Waals surface area (Å²) in [4.78, 5) is -0.534. The Morgan fingerprint density at radius 3 is 1.77 bits per heavy atom. The summed E-state index contributed by atoms with van der Waals surface area (Å²) in [6.07, 6.45) is -11.4. The summed E-state index contributed by atoms with van der Waals surface area (Å²) in [6.45, 7) is 2.64. The molecule has 0 aliphatic carbocycles. The molecule has 125 valence electrons. The van der Waals surface area contributed by atoms with Crippen molar-refractivity contribution in [3.05, 3.63) is 36.2 Å². The monoisotopic (exact) mass is 368 g/mol. The number of sulfonamides is 1. The van der Waals surface area contributed by atoms with Crippen LogP contribution in [0, 0.1) is 12.8 Å². The molecule has 11 heteroatoms. The number of nitrogens with one attached hydrogen (secondary N) is 1. The lowest BCUT2D eigenvalue weighted by Gasteiger charge is -2.28. The second-order valence-corrected chi connectivity index (χ2v) is 6.39. The molecule has 0 unspecified atom stereocenters. The molecule has 1 N–H and O–H groups in total. The highest BCUT2D eigenvalue weighted by Crippen LogP contribution is 2.41. The van der Waals surface area contributed by atoms with E-state index in [-0.39, 0.29) is 5.02 Å². The third kappa shape index (κ3) is 4.75. The summed E-state index contributed by atoms with van der Waals surface area (Å²) in [5, 5.41) is 0.147. The quantitative estimate of drug-likeness (QED) is 0.826. The molecule has 22 heavy (non-hydrogen) atoms. The highest BCUT2D eigenvalue weighted by Gasteiger charge is 2.59. The van der Waals surface area contributed by atoms with Crippen molar-refractivity contribution in [3.63, 3.8) is 0 Å². The van der Waals surface area contributed by atoms with E-state index >= 15 is 0 Å². The lowest BCUT2D eigenvalue weighted by atomic mass is 10.0. The Balaban J connectivity index is 3.08. The predicted octanol–water partition coefficient (Wildman–Crippen LogP) is 3.56. The Kier molecular flexibility index (Phi) is 5.41. The second-order valence-electron chi connectivity index (χ2n) is 4.24. The van der Waals surface area contributed by atoms with E-state index in [4.69, 9.17) is 11.6 Å². The maximum absolute atomic E-state index is 12.5. The van der Waals surface area contributed by atoms with Gasteiger partial charge < -0.3 is 0 Å². The van der Waals surface area contributed by atoms with E-state index in [0.717, 1.165) is 24.3 Å². The molecule has 1 aromatic rings. The van der Waals surface area contributed by atoms with Gasteiger partial charge in [0.05, 0.1) is 4.90 Å². The van der Waals surface area contributed by atoms with Gasteiger partial charge >= 0.3 is 12.4 Å². The van der Waals surface area contributed by atoms with Crippen molar-refractivity contribution in [2.24, 2.45) is 5.92 Å². The maximum atomic E-state index is 12.5. The number of halogens is 7. The standard InChI is InChI=1S/C11H9ClF6NO2S/c1-6(9(10(13,14)15)11(16,17)18)19-22(20,21)8-4-2-7(12)3-5-8/h2-6,9,19H,1H2/t6-/m0/s1. The number of hydrogen-bond acceptors (Lipinski definition) is 2. The van der Waals surface area contributed by atoms with E-state index in [1.165, 1.54) is 4.72 Å². The Morgan fingerprint density at radius 2 is 1.41 bits per heavy atom. The van der Waals surface area contributed by atoms with E-state index in [2.05, 4.69) is 6.92 Å². The average Bonchev–Trinajstić information content (AvgIpc) is 2.23. The van der Waals surface area contributed by atoms with Crippen LogP contribution < -0.4 is 4.72 Å². The summed E-state index contributed by atoms with van der Waals surface area (Å²) in [7, 11) is -4.61. The van der Waals surface area contributed by atoms with Crippen molar-refractivity contribution >= 4 is 21.6 Å². The number of rotatable bonds is 4. The zero-order valence-corrected chi connectivity index (χ0v) is 12.1. The van der Waals surface area contributed by atoms with Crippen molar-refractivity contribution in [3.8, 4) is 0 Å². The fraction of sp³-hybridized carbons (Fsp3) is 0.364. The molecule has 0 aromatic heterocycles. The van der Waals surface area contributed by atoms with Crippen molar-refractivity contribution in [1.29, 1.82) is 0 Å². The van der Waals surface area contributed by atoms with Crippen LogP contribution in [-0.2, 0) is 10.0 Å². The lowest BCUT2D eigenvalue weighted by molar-refractivity contribution is -0.287. The van der Waals surface area contributed by atoms with Crippen LogP contribution in [0.15, 0.2) is 29.2 Å². The van der Waals surface area contributed by atoms with Crippen LogP contribution in [0.3, 0.4) is 0 Å². The summed E-state index contributed by atoms with van der Waals surface area (Å²) >= 11 is 5.51. The van der Waals surface area contributed by atoms with Gasteiger partial charge in [-0.2, -0.15) is 26.3 Å². The topological polar surface area (TPSA) is 46.2 Å². The summed E-state index contributed by atoms with van der Waals surface area (Å²) < 4.78 is 99.8. The fourth-order valence-corrected chi connectivity index (χ4v) is 2.88. The maximum Gasteiger partial charge on any atom is 0.402 e. The fourth-order valence-electron chi connectivity index (χ4n) is 1.59.